The molecule has 0 saturated carbocycles. The van der Waals surface area contributed by atoms with Gasteiger partial charge in [-0.15, -0.1) is 0 Å². The van der Waals surface area contributed by atoms with Crippen molar-refractivity contribution in [2.45, 2.75) is 33.7 Å². The van der Waals surface area contributed by atoms with Crippen LogP contribution in [0.5, 0.6) is 0 Å². The number of benzene rings is 2. The molecule has 3 aromatic rings. The van der Waals surface area contributed by atoms with Gasteiger partial charge in [-0.25, -0.2) is 0 Å². The minimum absolute atomic E-state index is 0.106. The molecule has 1 aromatic heterocycles. The third kappa shape index (κ3) is 3.48. The van der Waals surface area contributed by atoms with Crippen molar-refractivity contribution in [3.05, 3.63) is 76.5 Å². The molecule has 4 heteroatoms. The molecule has 4 nitrogen and oxygen atoms in total. The Morgan fingerprint density at radius 1 is 1.08 bits per heavy atom. The molecule has 0 aliphatic heterocycles. The first-order chi connectivity index (χ1) is 12.0. The van der Waals surface area contributed by atoms with E-state index < -0.39 is 0 Å². The number of hydrogen-bond donors (Lipinski definition) is 1. The van der Waals surface area contributed by atoms with Crippen LogP contribution in [0.15, 0.2) is 53.1 Å². The van der Waals surface area contributed by atoms with Crippen LogP contribution in [0.1, 0.15) is 45.8 Å². The van der Waals surface area contributed by atoms with Crippen molar-refractivity contribution in [3.8, 4) is 11.3 Å². The lowest BCUT2D eigenvalue weighted by atomic mass is 9.99. The summed E-state index contributed by atoms with van der Waals surface area (Å²) in [6.45, 7) is 7.87. The minimum Gasteiger partial charge on any atom is -0.360 e. The highest BCUT2D eigenvalue weighted by atomic mass is 16.5. The van der Waals surface area contributed by atoms with Crippen molar-refractivity contribution in [2.75, 3.05) is 0 Å². The van der Waals surface area contributed by atoms with Crippen molar-refractivity contribution >= 4 is 5.91 Å². The molecule has 1 N–H and O–H groups in total. The second-order valence-electron chi connectivity index (χ2n) is 6.38. The van der Waals surface area contributed by atoms with E-state index in [9.17, 15) is 4.79 Å². The first-order valence-corrected chi connectivity index (χ1v) is 8.37. The Labute approximate surface area is 147 Å². The fraction of sp³-hybridized carbons (Fsp3) is 0.238. The Bertz CT molecular complexity index is 898. The molecule has 0 bridgehead atoms. The lowest BCUT2D eigenvalue weighted by Crippen LogP contribution is -2.27. The van der Waals surface area contributed by atoms with E-state index in [0.29, 0.717) is 17.0 Å². The quantitative estimate of drug-likeness (QED) is 0.748. The zero-order valence-electron chi connectivity index (χ0n) is 15.0. The Hall–Kier alpha value is -2.88. The summed E-state index contributed by atoms with van der Waals surface area (Å²) in [4.78, 5) is 12.9. The number of nitrogens with one attached hydrogen (secondary N) is 1. The van der Waals surface area contributed by atoms with Crippen molar-refractivity contribution in [1.82, 2.24) is 10.5 Å². The second kappa shape index (κ2) is 6.93. The number of hydrogen-bond acceptors (Lipinski definition) is 3. The lowest BCUT2D eigenvalue weighted by molar-refractivity contribution is 0.0939. The van der Waals surface area contributed by atoms with Gasteiger partial charge in [-0.1, -0.05) is 59.3 Å². The summed E-state index contributed by atoms with van der Waals surface area (Å²) in [6.07, 6.45) is 0. The largest absolute Gasteiger partial charge is 0.360 e. The van der Waals surface area contributed by atoms with Crippen LogP contribution in [0.2, 0.25) is 0 Å². The van der Waals surface area contributed by atoms with E-state index in [1.807, 2.05) is 37.3 Å². The Morgan fingerprint density at radius 3 is 2.48 bits per heavy atom. The molecule has 0 unspecified atom stereocenters. The van der Waals surface area contributed by atoms with E-state index in [4.69, 9.17) is 4.52 Å². The maximum absolute atomic E-state index is 12.9. The molecular formula is C21H22N2O2. The third-order valence-electron chi connectivity index (χ3n) is 4.38. The van der Waals surface area contributed by atoms with E-state index in [1.165, 1.54) is 5.56 Å². The van der Waals surface area contributed by atoms with Gasteiger partial charge in [0.05, 0.1) is 6.04 Å². The van der Waals surface area contributed by atoms with E-state index in [0.717, 1.165) is 16.7 Å². The smallest absolute Gasteiger partial charge is 0.257 e. The van der Waals surface area contributed by atoms with E-state index in [2.05, 4.69) is 42.5 Å². The van der Waals surface area contributed by atoms with Crippen LogP contribution in [0, 0.1) is 20.8 Å². The molecule has 1 amide bonds. The van der Waals surface area contributed by atoms with Gasteiger partial charge in [-0.3, -0.25) is 4.79 Å². The summed E-state index contributed by atoms with van der Waals surface area (Å²) in [5.41, 5.74) is 5.41. The SMILES string of the molecule is Cc1ccc([C@H](C)NC(=O)c2c(-c3ccccc3)noc2C)c(C)c1. The molecule has 25 heavy (non-hydrogen) atoms. The number of aromatic nitrogens is 1. The molecule has 1 heterocycles. The summed E-state index contributed by atoms with van der Waals surface area (Å²) in [7, 11) is 0. The molecule has 3 rings (SSSR count). The average Bonchev–Trinajstić information content (AvgIpc) is 2.97. The van der Waals surface area contributed by atoms with Crippen LogP contribution in [-0.2, 0) is 0 Å². The van der Waals surface area contributed by atoms with Crippen LogP contribution >= 0.6 is 0 Å². The Kier molecular flexibility index (Phi) is 4.70. The van der Waals surface area contributed by atoms with Gasteiger partial charge in [0.15, 0.2) is 0 Å². The number of amides is 1. The highest BCUT2D eigenvalue weighted by Crippen LogP contribution is 2.26. The van der Waals surface area contributed by atoms with Gasteiger partial charge in [-0.2, -0.15) is 0 Å². The van der Waals surface area contributed by atoms with Crippen LogP contribution in [-0.4, -0.2) is 11.1 Å². The molecule has 0 spiro atoms. The maximum Gasteiger partial charge on any atom is 0.257 e. The summed E-state index contributed by atoms with van der Waals surface area (Å²) in [5.74, 6) is 0.342. The van der Waals surface area contributed by atoms with Crippen molar-refractivity contribution in [3.63, 3.8) is 0 Å². The van der Waals surface area contributed by atoms with Gasteiger partial charge in [-0.05, 0) is 38.8 Å². The summed E-state index contributed by atoms with van der Waals surface area (Å²) in [5, 5.41) is 7.15. The van der Waals surface area contributed by atoms with Crippen LogP contribution < -0.4 is 5.32 Å². The van der Waals surface area contributed by atoms with Gasteiger partial charge in [0, 0.05) is 5.56 Å². The van der Waals surface area contributed by atoms with Crippen LogP contribution in [0.4, 0.5) is 0 Å². The maximum atomic E-state index is 12.9. The monoisotopic (exact) mass is 334 g/mol. The predicted octanol–water partition coefficient (Wildman–Crippen LogP) is 4.76. The summed E-state index contributed by atoms with van der Waals surface area (Å²) >= 11 is 0. The normalized spacial score (nSPS) is 12.0. The molecule has 128 valence electrons. The van der Waals surface area contributed by atoms with Crippen molar-refractivity contribution in [2.24, 2.45) is 0 Å². The number of carbonyl (C=O) groups excluding carboxylic acids is 1. The van der Waals surface area contributed by atoms with Gasteiger partial charge in [0.2, 0.25) is 0 Å². The third-order valence-corrected chi connectivity index (χ3v) is 4.38. The molecule has 1 atom stereocenters. The van der Waals surface area contributed by atoms with Gasteiger partial charge >= 0.3 is 0 Å². The van der Waals surface area contributed by atoms with Gasteiger partial charge in [0.25, 0.3) is 5.91 Å². The van der Waals surface area contributed by atoms with Crippen molar-refractivity contribution in [1.29, 1.82) is 0 Å². The highest BCUT2D eigenvalue weighted by Gasteiger charge is 2.23. The first-order valence-electron chi connectivity index (χ1n) is 8.37. The highest BCUT2D eigenvalue weighted by molar-refractivity contribution is 6.01. The number of aryl methyl sites for hydroxylation is 3. The summed E-state index contributed by atoms with van der Waals surface area (Å²) in [6, 6.07) is 15.7. The van der Waals surface area contributed by atoms with E-state index in [1.54, 1.807) is 6.92 Å². The van der Waals surface area contributed by atoms with Gasteiger partial charge < -0.3 is 9.84 Å². The van der Waals surface area contributed by atoms with Crippen LogP contribution in [0.3, 0.4) is 0 Å². The molecule has 0 saturated heterocycles. The second-order valence-corrected chi connectivity index (χ2v) is 6.38. The van der Waals surface area contributed by atoms with Crippen molar-refractivity contribution < 1.29 is 9.32 Å². The topological polar surface area (TPSA) is 55.1 Å². The molecule has 0 fully saturated rings. The lowest BCUT2D eigenvalue weighted by Gasteiger charge is -2.17. The average molecular weight is 334 g/mol. The molecule has 0 aliphatic rings. The van der Waals surface area contributed by atoms with E-state index >= 15 is 0 Å². The predicted molar refractivity (Wildman–Crippen MR) is 98.5 cm³/mol. The Balaban J connectivity index is 1.88. The minimum atomic E-state index is -0.176. The van der Waals surface area contributed by atoms with Gasteiger partial charge in [0.1, 0.15) is 17.0 Å². The number of carbonyl (C=O) groups is 1. The standard InChI is InChI=1S/C21H22N2O2/c1-13-10-11-18(14(2)12-13)15(3)22-21(24)19-16(4)25-23-20(19)17-8-6-5-7-9-17/h5-12,15H,1-4H3,(H,22,24)/t15-/m0/s1. The fourth-order valence-corrected chi connectivity index (χ4v) is 3.09. The van der Waals surface area contributed by atoms with Crippen LogP contribution in [0.25, 0.3) is 11.3 Å². The van der Waals surface area contributed by atoms with E-state index in [-0.39, 0.29) is 11.9 Å². The fourth-order valence-electron chi connectivity index (χ4n) is 3.09. The summed E-state index contributed by atoms with van der Waals surface area (Å²) < 4.78 is 5.29. The number of nitrogens with zero attached hydrogens (tertiary/aromatic N) is 1. The zero-order chi connectivity index (χ0) is 18.0. The molecular weight excluding hydrogens is 312 g/mol. The molecule has 2 aromatic carbocycles. The number of rotatable bonds is 4. The first kappa shape index (κ1) is 17.0. The Morgan fingerprint density at radius 2 is 1.80 bits per heavy atom. The zero-order valence-corrected chi connectivity index (χ0v) is 15.0. The molecule has 0 radical (unpaired) electrons. The molecule has 0 aliphatic carbocycles.